The van der Waals surface area contributed by atoms with Crippen LogP contribution in [0.3, 0.4) is 0 Å². The van der Waals surface area contributed by atoms with Gasteiger partial charge < -0.3 is 14.2 Å². The summed E-state index contributed by atoms with van der Waals surface area (Å²) >= 11 is 1.41. The van der Waals surface area contributed by atoms with Gasteiger partial charge in [0.15, 0.2) is 16.5 Å². The predicted molar refractivity (Wildman–Crippen MR) is 109 cm³/mol. The fraction of sp³-hybridized carbons (Fsp3) is 0.783. The lowest BCUT2D eigenvalue weighted by molar-refractivity contribution is -0.118. The summed E-state index contributed by atoms with van der Waals surface area (Å²) in [5.74, 6) is 0.680. The Bertz CT molecular complexity index is 913. The van der Waals surface area contributed by atoms with E-state index >= 15 is 0 Å². The largest absolute Gasteiger partial charge is 0.509 e. The number of rotatable bonds is 1. The molecule has 7 heteroatoms. The van der Waals surface area contributed by atoms with Crippen molar-refractivity contribution in [2.75, 3.05) is 6.61 Å². The maximum Gasteiger partial charge on any atom is 0.509 e. The molecule has 3 saturated carbocycles. The molecule has 0 aromatic rings. The molecule has 0 aromatic heterocycles. The van der Waals surface area contributed by atoms with E-state index in [1.807, 2.05) is 6.08 Å². The van der Waals surface area contributed by atoms with Gasteiger partial charge in [0.2, 0.25) is 0 Å². The van der Waals surface area contributed by atoms with Crippen molar-refractivity contribution in [1.82, 2.24) is 0 Å². The Labute approximate surface area is 180 Å². The van der Waals surface area contributed by atoms with E-state index in [-0.39, 0.29) is 44.6 Å². The second-order valence-electron chi connectivity index (χ2n) is 10.6. The summed E-state index contributed by atoms with van der Waals surface area (Å²) < 4.78 is 17.8. The van der Waals surface area contributed by atoms with Crippen LogP contribution in [0.15, 0.2) is 11.6 Å². The molecule has 6 nitrogen and oxygen atoms in total. The first-order valence-corrected chi connectivity index (χ1v) is 12.0. The van der Waals surface area contributed by atoms with E-state index in [0.717, 1.165) is 32.1 Å². The Hall–Kier alpha value is -1.34. The van der Waals surface area contributed by atoms with Gasteiger partial charge in [0.05, 0.1) is 6.10 Å². The van der Waals surface area contributed by atoms with E-state index < -0.39 is 11.8 Å². The summed E-state index contributed by atoms with van der Waals surface area (Å²) in [6.07, 6.45) is 6.05. The average Bonchev–Trinajstić information content (AvgIpc) is 3.15. The summed E-state index contributed by atoms with van der Waals surface area (Å²) in [6.45, 7) is 6.46. The molecule has 8 atom stereocenters. The van der Waals surface area contributed by atoms with Gasteiger partial charge in [-0.25, -0.2) is 4.79 Å². The third-order valence-corrected chi connectivity index (χ3v) is 10.7. The number of ketones is 1. The number of thioether (sulfide) groups is 1. The summed E-state index contributed by atoms with van der Waals surface area (Å²) in [6, 6.07) is 0. The van der Waals surface area contributed by atoms with E-state index in [1.54, 1.807) is 6.92 Å². The van der Waals surface area contributed by atoms with Crippen molar-refractivity contribution < 1.29 is 28.6 Å². The van der Waals surface area contributed by atoms with Crippen LogP contribution in [0, 0.1) is 22.7 Å². The SMILES string of the molecule is CC(=O)S[C@@H]1CC2=CC(=O)CC[C@]2(C)[C@@]23O[C@@H]2C[C@@]2(C)C(CC[C@@]24COC(=O)O4)C13. The Balaban J connectivity index is 1.47. The van der Waals surface area contributed by atoms with Crippen LogP contribution in [-0.4, -0.2) is 46.2 Å². The van der Waals surface area contributed by atoms with Gasteiger partial charge in [-0.05, 0) is 44.1 Å². The third kappa shape index (κ3) is 2.09. The van der Waals surface area contributed by atoms with Gasteiger partial charge in [-0.15, -0.1) is 0 Å². The van der Waals surface area contributed by atoms with Gasteiger partial charge in [-0.3, -0.25) is 9.59 Å². The van der Waals surface area contributed by atoms with E-state index in [9.17, 15) is 14.4 Å². The minimum Gasteiger partial charge on any atom is -0.430 e. The molecule has 0 bridgehead atoms. The second-order valence-corrected chi connectivity index (χ2v) is 12.1. The molecular weight excluding hydrogens is 404 g/mol. The quantitative estimate of drug-likeness (QED) is 0.460. The zero-order valence-corrected chi connectivity index (χ0v) is 18.5. The maximum atomic E-state index is 12.2. The summed E-state index contributed by atoms with van der Waals surface area (Å²) in [5, 5.41) is 0.185. The molecule has 0 N–H and O–H groups in total. The monoisotopic (exact) mass is 432 g/mol. The van der Waals surface area contributed by atoms with Gasteiger partial charge in [0.1, 0.15) is 12.2 Å². The molecule has 5 fully saturated rings. The summed E-state index contributed by atoms with van der Waals surface area (Å²) in [7, 11) is 0. The van der Waals surface area contributed by atoms with E-state index in [2.05, 4.69) is 13.8 Å². The Morgan fingerprint density at radius 1 is 1.23 bits per heavy atom. The van der Waals surface area contributed by atoms with Gasteiger partial charge >= 0.3 is 6.16 Å². The molecule has 6 rings (SSSR count). The molecule has 162 valence electrons. The predicted octanol–water partition coefficient (Wildman–Crippen LogP) is 3.81. The summed E-state index contributed by atoms with van der Waals surface area (Å²) in [5.41, 5.74) is -0.124. The topological polar surface area (TPSA) is 82.2 Å². The number of ether oxygens (including phenoxy) is 3. The number of carbonyl (C=O) groups excluding carboxylic acids is 3. The fourth-order valence-corrected chi connectivity index (χ4v) is 9.39. The van der Waals surface area contributed by atoms with E-state index in [1.165, 1.54) is 17.3 Å². The highest BCUT2D eigenvalue weighted by atomic mass is 32.2. The molecule has 2 spiro atoms. The third-order valence-electron chi connectivity index (χ3n) is 9.63. The number of hydrogen-bond acceptors (Lipinski definition) is 7. The van der Waals surface area contributed by atoms with Crippen molar-refractivity contribution >= 4 is 28.8 Å². The number of cyclic esters (lactones) is 1. The van der Waals surface area contributed by atoms with Crippen molar-refractivity contribution in [3.8, 4) is 0 Å². The molecule has 30 heavy (non-hydrogen) atoms. The van der Waals surface area contributed by atoms with Crippen LogP contribution in [0.1, 0.15) is 59.3 Å². The molecule has 2 saturated heterocycles. The molecule has 6 aliphatic rings. The van der Waals surface area contributed by atoms with Crippen molar-refractivity contribution in [1.29, 1.82) is 0 Å². The highest BCUT2D eigenvalue weighted by Crippen LogP contribution is 2.77. The summed E-state index contributed by atoms with van der Waals surface area (Å²) in [4.78, 5) is 36.4. The standard InChI is InChI=1S/C23H28O6S/c1-12(24)30-16-9-13-8-14(25)4-6-20(13,2)23-17(28-23)10-21(3)15(18(16)23)5-7-22(21)11-27-19(26)29-22/h8,15-18H,4-7,9-11H2,1-3H3/t15?,16-,17-,18?,20+,21+,22-,23-/m1/s1. The van der Waals surface area contributed by atoms with Gasteiger partial charge in [0, 0.05) is 35.3 Å². The molecule has 0 amide bonds. The van der Waals surface area contributed by atoms with Gasteiger partial charge in [0.25, 0.3) is 0 Å². The number of carbonyl (C=O) groups is 3. The van der Waals surface area contributed by atoms with Gasteiger partial charge in [-0.2, -0.15) is 0 Å². The zero-order chi connectivity index (χ0) is 21.1. The lowest BCUT2D eigenvalue weighted by Gasteiger charge is -2.58. The number of fused-ring (bicyclic) bond motifs is 4. The van der Waals surface area contributed by atoms with Gasteiger partial charge in [-0.1, -0.05) is 31.2 Å². The molecule has 0 aromatic carbocycles. The Kier molecular flexibility index (Phi) is 3.69. The first-order valence-electron chi connectivity index (χ1n) is 11.1. The Morgan fingerprint density at radius 2 is 2.03 bits per heavy atom. The van der Waals surface area contributed by atoms with Crippen LogP contribution in [0.2, 0.25) is 0 Å². The smallest absolute Gasteiger partial charge is 0.430 e. The van der Waals surface area contributed by atoms with Crippen LogP contribution >= 0.6 is 11.8 Å². The molecule has 0 radical (unpaired) electrons. The van der Waals surface area contributed by atoms with Crippen molar-refractivity contribution in [3.63, 3.8) is 0 Å². The number of epoxide rings is 1. The average molecular weight is 433 g/mol. The molecule has 2 heterocycles. The highest BCUT2D eigenvalue weighted by molar-refractivity contribution is 8.14. The van der Waals surface area contributed by atoms with Crippen LogP contribution in [0.25, 0.3) is 0 Å². The first kappa shape index (κ1) is 19.4. The van der Waals surface area contributed by atoms with Crippen LogP contribution < -0.4 is 0 Å². The molecule has 4 aliphatic carbocycles. The molecule has 2 unspecified atom stereocenters. The Morgan fingerprint density at radius 3 is 2.73 bits per heavy atom. The maximum absolute atomic E-state index is 12.2. The molecule has 2 aliphatic heterocycles. The first-order chi connectivity index (χ1) is 14.2. The normalized spacial score (nSPS) is 53.1. The van der Waals surface area contributed by atoms with Crippen molar-refractivity contribution in [2.45, 2.75) is 81.9 Å². The lowest BCUT2D eigenvalue weighted by Crippen LogP contribution is -2.63. The second kappa shape index (κ2) is 5.71. The minimum atomic E-state index is -0.585. The lowest BCUT2D eigenvalue weighted by atomic mass is 9.46. The van der Waals surface area contributed by atoms with Crippen molar-refractivity contribution in [3.05, 3.63) is 11.6 Å². The van der Waals surface area contributed by atoms with Crippen LogP contribution in [0.4, 0.5) is 4.79 Å². The van der Waals surface area contributed by atoms with Crippen LogP contribution in [-0.2, 0) is 23.8 Å². The number of hydrogen-bond donors (Lipinski definition) is 0. The fourth-order valence-electron chi connectivity index (χ4n) is 8.16. The molecular formula is C23H28O6S. The highest BCUT2D eigenvalue weighted by Gasteiger charge is 2.83. The van der Waals surface area contributed by atoms with Crippen LogP contribution in [0.5, 0.6) is 0 Å². The van der Waals surface area contributed by atoms with E-state index in [4.69, 9.17) is 14.2 Å². The van der Waals surface area contributed by atoms with E-state index in [0.29, 0.717) is 18.9 Å². The zero-order valence-electron chi connectivity index (χ0n) is 17.7. The van der Waals surface area contributed by atoms with Crippen molar-refractivity contribution in [2.24, 2.45) is 22.7 Å². The minimum absolute atomic E-state index is 0.0648.